The van der Waals surface area contributed by atoms with Crippen molar-refractivity contribution in [1.82, 2.24) is 4.90 Å². The van der Waals surface area contributed by atoms with Crippen molar-refractivity contribution in [3.63, 3.8) is 0 Å². The van der Waals surface area contributed by atoms with Gasteiger partial charge in [-0.1, -0.05) is 0 Å². The Morgan fingerprint density at radius 3 is 2.67 bits per heavy atom. The van der Waals surface area contributed by atoms with Crippen LogP contribution in [0.5, 0.6) is 0 Å². The first-order chi connectivity index (χ1) is 5.63. The number of ether oxygens (including phenoxy) is 1. The number of nitrogens with zero attached hydrogens (tertiary/aromatic N) is 1. The molecule has 1 rings (SSSR count). The number of hydrogen-bond acceptors (Lipinski definition) is 3. The third-order valence-electron chi connectivity index (χ3n) is 2.41. The van der Waals surface area contributed by atoms with Crippen LogP contribution in [0.1, 0.15) is 12.8 Å². The van der Waals surface area contributed by atoms with Gasteiger partial charge in [0.1, 0.15) is 0 Å². The lowest BCUT2D eigenvalue weighted by Gasteiger charge is -2.39. The van der Waals surface area contributed by atoms with Crippen molar-refractivity contribution < 1.29 is 14.6 Å². The van der Waals surface area contributed by atoms with Crippen LogP contribution in [0, 0.1) is 0 Å². The predicted molar refractivity (Wildman–Crippen MR) is 44.1 cm³/mol. The first-order valence-electron chi connectivity index (χ1n) is 4.08. The van der Waals surface area contributed by atoms with Gasteiger partial charge >= 0.3 is 5.97 Å². The number of carbonyl (C=O) groups is 1. The van der Waals surface area contributed by atoms with Gasteiger partial charge in [0, 0.05) is 13.2 Å². The monoisotopic (exact) mass is 173 g/mol. The number of aliphatic carboxylic acids is 1. The van der Waals surface area contributed by atoms with E-state index in [0.29, 0.717) is 12.1 Å². The maximum atomic E-state index is 10.3. The summed E-state index contributed by atoms with van der Waals surface area (Å²) in [5.74, 6) is -0.765. The second-order valence-electron chi connectivity index (χ2n) is 3.29. The first-order valence-corrected chi connectivity index (χ1v) is 4.08. The molecule has 70 valence electrons. The zero-order chi connectivity index (χ0) is 9.14. The molecule has 1 N–H and O–H groups in total. The lowest BCUT2D eigenvalue weighted by Crippen LogP contribution is -2.47. The Morgan fingerprint density at radius 1 is 1.67 bits per heavy atom. The van der Waals surface area contributed by atoms with Crippen LogP contribution in [0.15, 0.2) is 0 Å². The Bertz CT molecular complexity index is 166. The zero-order valence-corrected chi connectivity index (χ0v) is 7.49. The summed E-state index contributed by atoms with van der Waals surface area (Å²) >= 11 is 0. The van der Waals surface area contributed by atoms with Crippen LogP contribution in [0.3, 0.4) is 0 Å². The Balaban J connectivity index is 2.19. The highest BCUT2D eigenvalue weighted by Crippen LogP contribution is 2.26. The fourth-order valence-electron chi connectivity index (χ4n) is 1.43. The molecule has 1 aliphatic rings. The molecule has 0 unspecified atom stereocenters. The molecular formula is C8H15NO3. The van der Waals surface area contributed by atoms with Crippen molar-refractivity contribution in [2.45, 2.75) is 25.0 Å². The number of rotatable bonds is 4. The molecule has 4 nitrogen and oxygen atoms in total. The van der Waals surface area contributed by atoms with Gasteiger partial charge in [0.2, 0.25) is 0 Å². The Morgan fingerprint density at radius 2 is 2.25 bits per heavy atom. The molecule has 0 aromatic rings. The van der Waals surface area contributed by atoms with Crippen LogP contribution in [-0.4, -0.2) is 48.8 Å². The van der Waals surface area contributed by atoms with E-state index in [-0.39, 0.29) is 6.54 Å². The molecule has 1 fully saturated rings. The number of hydrogen-bond donors (Lipinski definition) is 1. The summed E-state index contributed by atoms with van der Waals surface area (Å²) in [5.41, 5.74) is 0. The molecular weight excluding hydrogens is 158 g/mol. The van der Waals surface area contributed by atoms with Crippen molar-refractivity contribution in [3.8, 4) is 0 Å². The second-order valence-corrected chi connectivity index (χ2v) is 3.29. The standard InChI is InChI=1S/C8H15NO3/c1-9(5-8(10)11)6-3-7(4-6)12-2/h6-7H,3-5H2,1-2H3,(H,10,11). The maximum Gasteiger partial charge on any atom is 0.317 e. The van der Waals surface area contributed by atoms with Crippen molar-refractivity contribution in [2.24, 2.45) is 0 Å². The summed E-state index contributed by atoms with van der Waals surface area (Å²) < 4.78 is 5.10. The third-order valence-corrected chi connectivity index (χ3v) is 2.41. The molecule has 0 aliphatic heterocycles. The van der Waals surface area contributed by atoms with Crippen molar-refractivity contribution >= 4 is 5.97 Å². The highest BCUT2D eigenvalue weighted by molar-refractivity contribution is 5.69. The molecule has 0 aromatic heterocycles. The fraction of sp³-hybridized carbons (Fsp3) is 0.875. The Kier molecular flexibility index (Phi) is 3.05. The van der Waals surface area contributed by atoms with E-state index in [0.717, 1.165) is 12.8 Å². The van der Waals surface area contributed by atoms with Gasteiger partial charge in [-0.25, -0.2) is 0 Å². The van der Waals surface area contributed by atoms with Crippen LogP contribution >= 0.6 is 0 Å². The summed E-state index contributed by atoms with van der Waals surface area (Å²) in [7, 11) is 3.53. The number of likely N-dealkylation sites (N-methyl/N-ethyl adjacent to an activating group) is 1. The van der Waals surface area contributed by atoms with Crippen LogP contribution in [-0.2, 0) is 9.53 Å². The average molecular weight is 173 g/mol. The molecule has 1 aliphatic carbocycles. The summed E-state index contributed by atoms with van der Waals surface area (Å²) in [6.45, 7) is 0.126. The van der Waals surface area contributed by atoms with Crippen LogP contribution in [0.4, 0.5) is 0 Å². The molecule has 12 heavy (non-hydrogen) atoms. The van der Waals surface area contributed by atoms with Crippen LogP contribution in [0.2, 0.25) is 0 Å². The molecule has 0 aromatic carbocycles. The van der Waals surface area contributed by atoms with E-state index in [1.807, 2.05) is 11.9 Å². The molecule has 1 saturated carbocycles. The second kappa shape index (κ2) is 3.87. The van der Waals surface area contributed by atoms with Crippen molar-refractivity contribution in [2.75, 3.05) is 20.7 Å². The van der Waals surface area contributed by atoms with Gasteiger partial charge in [0.25, 0.3) is 0 Å². The largest absolute Gasteiger partial charge is 0.480 e. The maximum absolute atomic E-state index is 10.3. The lowest BCUT2D eigenvalue weighted by atomic mass is 9.88. The zero-order valence-electron chi connectivity index (χ0n) is 7.49. The lowest BCUT2D eigenvalue weighted by molar-refractivity contribution is -0.139. The molecule has 4 heteroatoms. The number of carboxylic acid groups (broad SMARTS) is 1. The van der Waals surface area contributed by atoms with E-state index in [4.69, 9.17) is 9.84 Å². The van der Waals surface area contributed by atoms with Gasteiger partial charge in [-0.3, -0.25) is 9.69 Å². The van der Waals surface area contributed by atoms with Crippen molar-refractivity contribution in [1.29, 1.82) is 0 Å². The molecule has 0 heterocycles. The van der Waals surface area contributed by atoms with Crippen LogP contribution < -0.4 is 0 Å². The summed E-state index contributed by atoms with van der Waals surface area (Å²) in [4.78, 5) is 12.2. The Hall–Kier alpha value is -0.610. The van der Waals surface area contributed by atoms with E-state index in [1.54, 1.807) is 7.11 Å². The Labute approximate surface area is 72.1 Å². The molecule has 0 spiro atoms. The predicted octanol–water partition coefficient (Wildman–Crippen LogP) is 0.180. The van der Waals surface area contributed by atoms with E-state index >= 15 is 0 Å². The minimum absolute atomic E-state index is 0.126. The minimum atomic E-state index is -0.765. The average Bonchev–Trinajstić information content (AvgIpc) is 1.82. The van der Waals surface area contributed by atoms with Gasteiger partial charge in [0.15, 0.2) is 0 Å². The van der Waals surface area contributed by atoms with Gasteiger partial charge in [-0.2, -0.15) is 0 Å². The van der Waals surface area contributed by atoms with Crippen LogP contribution in [0.25, 0.3) is 0 Å². The normalized spacial score (nSPS) is 28.6. The molecule has 0 radical (unpaired) electrons. The number of methoxy groups -OCH3 is 1. The topological polar surface area (TPSA) is 49.8 Å². The van der Waals surface area contributed by atoms with E-state index in [2.05, 4.69) is 0 Å². The molecule has 0 atom stereocenters. The smallest absolute Gasteiger partial charge is 0.317 e. The minimum Gasteiger partial charge on any atom is -0.480 e. The SMILES string of the molecule is COC1CC(N(C)CC(=O)O)C1. The third kappa shape index (κ3) is 2.19. The number of carboxylic acids is 1. The molecule has 0 amide bonds. The molecule has 0 saturated heterocycles. The van der Waals surface area contributed by atoms with Gasteiger partial charge < -0.3 is 9.84 Å². The van der Waals surface area contributed by atoms with E-state index in [9.17, 15) is 4.79 Å². The van der Waals surface area contributed by atoms with E-state index < -0.39 is 5.97 Å². The summed E-state index contributed by atoms with van der Waals surface area (Å²) in [6.07, 6.45) is 2.26. The van der Waals surface area contributed by atoms with Gasteiger partial charge in [-0.15, -0.1) is 0 Å². The quantitative estimate of drug-likeness (QED) is 0.659. The van der Waals surface area contributed by atoms with Gasteiger partial charge in [-0.05, 0) is 19.9 Å². The summed E-state index contributed by atoms with van der Waals surface area (Å²) in [6, 6.07) is 0.394. The summed E-state index contributed by atoms with van der Waals surface area (Å²) in [5, 5.41) is 8.50. The molecule has 0 bridgehead atoms. The highest BCUT2D eigenvalue weighted by atomic mass is 16.5. The first kappa shape index (κ1) is 9.48. The highest BCUT2D eigenvalue weighted by Gasteiger charge is 2.32. The fourth-order valence-corrected chi connectivity index (χ4v) is 1.43. The van der Waals surface area contributed by atoms with Gasteiger partial charge in [0.05, 0.1) is 12.6 Å². The van der Waals surface area contributed by atoms with E-state index in [1.165, 1.54) is 0 Å². The van der Waals surface area contributed by atoms with Crippen molar-refractivity contribution in [3.05, 3.63) is 0 Å².